The van der Waals surface area contributed by atoms with E-state index < -0.39 is 0 Å². The number of benzene rings is 2. The van der Waals surface area contributed by atoms with Gasteiger partial charge in [0, 0.05) is 24.2 Å². The topological polar surface area (TPSA) is 32.3 Å². The van der Waals surface area contributed by atoms with Crippen LogP contribution < -0.4 is 10.2 Å². The van der Waals surface area contributed by atoms with Gasteiger partial charge in [0.2, 0.25) is 5.91 Å². The number of rotatable bonds is 4. The molecule has 1 N–H and O–H groups in total. The number of carbonyl (C=O) groups excluding carboxylic acids is 1. The third-order valence-electron chi connectivity index (χ3n) is 3.96. The Morgan fingerprint density at radius 3 is 2.46 bits per heavy atom. The number of nitrogens with zero attached hydrogens (tertiary/aromatic N) is 1. The van der Waals surface area contributed by atoms with Gasteiger partial charge in [-0.15, -0.1) is 0 Å². The first kappa shape index (κ1) is 16.9. The average molecular weight is 361 g/mol. The van der Waals surface area contributed by atoms with E-state index in [-0.39, 0.29) is 5.91 Å². The molecule has 5 heteroatoms. The summed E-state index contributed by atoms with van der Waals surface area (Å²) in [6, 6.07) is 12.9. The first-order valence-electron chi connectivity index (χ1n) is 7.91. The maximum Gasteiger partial charge on any atom is 0.248 e. The van der Waals surface area contributed by atoms with Gasteiger partial charge in [0.1, 0.15) is 0 Å². The number of anilines is 2. The molecule has 0 saturated carbocycles. The molecule has 1 aliphatic heterocycles. The molecule has 1 aliphatic rings. The standard InChI is InChI=1S/C19H18Cl2N2O/c20-15-9-6-14(7-10-15)8-11-18(24)22-17-5-3-4-16(21)19(17)23-12-1-2-13-23/h3-11H,1-2,12-13H2,(H,22,24). The summed E-state index contributed by atoms with van der Waals surface area (Å²) in [5, 5.41) is 4.27. The second-order valence-electron chi connectivity index (χ2n) is 5.70. The molecule has 0 unspecified atom stereocenters. The Labute approximate surface area is 151 Å². The maximum absolute atomic E-state index is 12.2. The normalized spacial score (nSPS) is 14.3. The van der Waals surface area contributed by atoms with Crippen LogP contribution in [0.5, 0.6) is 0 Å². The van der Waals surface area contributed by atoms with E-state index in [4.69, 9.17) is 23.2 Å². The Morgan fingerprint density at radius 1 is 1.04 bits per heavy atom. The second-order valence-corrected chi connectivity index (χ2v) is 6.55. The van der Waals surface area contributed by atoms with E-state index in [0.717, 1.165) is 42.9 Å². The summed E-state index contributed by atoms with van der Waals surface area (Å²) >= 11 is 12.2. The smallest absolute Gasteiger partial charge is 0.248 e. The molecule has 3 nitrogen and oxygen atoms in total. The van der Waals surface area contributed by atoms with E-state index in [9.17, 15) is 4.79 Å². The van der Waals surface area contributed by atoms with E-state index in [2.05, 4.69) is 10.2 Å². The highest BCUT2D eigenvalue weighted by molar-refractivity contribution is 6.34. The molecule has 1 amide bonds. The Morgan fingerprint density at radius 2 is 1.75 bits per heavy atom. The largest absolute Gasteiger partial charge is 0.369 e. The van der Waals surface area contributed by atoms with Gasteiger partial charge in [0.15, 0.2) is 0 Å². The zero-order valence-corrected chi connectivity index (χ0v) is 14.6. The Hall–Kier alpha value is -1.97. The van der Waals surface area contributed by atoms with Gasteiger partial charge in [-0.05, 0) is 48.7 Å². The second kappa shape index (κ2) is 7.73. The molecule has 0 atom stereocenters. The predicted molar refractivity (Wildman–Crippen MR) is 102 cm³/mol. The van der Waals surface area contributed by atoms with E-state index in [1.54, 1.807) is 18.2 Å². The van der Waals surface area contributed by atoms with Gasteiger partial charge in [-0.1, -0.05) is 41.4 Å². The SMILES string of the molecule is O=C(C=Cc1ccc(Cl)cc1)Nc1cccc(Cl)c1N1CCCC1. The molecule has 0 aliphatic carbocycles. The van der Waals surface area contributed by atoms with Crippen LogP contribution in [0.3, 0.4) is 0 Å². The summed E-state index contributed by atoms with van der Waals surface area (Å²) in [5.41, 5.74) is 2.57. The van der Waals surface area contributed by atoms with Crippen LogP contribution >= 0.6 is 23.2 Å². The Balaban J connectivity index is 1.74. The van der Waals surface area contributed by atoms with Crippen molar-refractivity contribution in [3.8, 4) is 0 Å². The molecular formula is C19H18Cl2N2O. The number of carbonyl (C=O) groups is 1. The van der Waals surface area contributed by atoms with E-state index in [1.807, 2.05) is 30.3 Å². The van der Waals surface area contributed by atoms with E-state index in [1.165, 1.54) is 6.08 Å². The fraction of sp³-hybridized carbons (Fsp3) is 0.211. The van der Waals surface area contributed by atoms with Crippen molar-refractivity contribution in [3.63, 3.8) is 0 Å². The number of amides is 1. The monoisotopic (exact) mass is 360 g/mol. The van der Waals surface area contributed by atoms with Crippen LogP contribution in [-0.2, 0) is 4.79 Å². The van der Waals surface area contributed by atoms with Crippen molar-refractivity contribution in [1.29, 1.82) is 0 Å². The summed E-state index contributed by atoms with van der Waals surface area (Å²) in [6.07, 6.45) is 5.56. The van der Waals surface area contributed by atoms with Crippen LogP contribution in [0.25, 0.3) is 6.08 Å². The number of halogens is 2. The van der Waals surface area contributed by atoms with Crippen molar-refractivity contribution in [2.75, 3.05) is 23.3 Å². The fourth-order valence-corrected chi connectivity index (χ4v) is 3.22. The van der Waals surface area contributed by atoms with Crippen LogP contribution in [-0.4, -0.2) is 19.0 Å². The lowest BCUT2D eigenvalue weighted by Gasteiger charge is -2.22. The van der Waals surface area contributed by atoms with Crippen LogP contribution in [0.4, 0.5) is 11.4 Å². The van der Waals surface area contributed by atoms with Crippen molar-refractivity contribution >= 4 is 46.6 Å². The summed E-state index contributed by atoms with van der Waals surface area (Å²) in [6.45, 7) is 1.93. The van der Waals surface area contributed by atoms with Crippen LogP contribution in [0.1, 0.15) is 18.4 Å². The average Bonchev–Trinajstić information content (AvgIpc) is 3.08. The van der Waals surface area contributed by atoms with Gasteiger partial charge in [-0.2, -0.15) is 0 Å². The highest BCUT2D eigenvalue weighted by Crippen LogP contribution is 2.35. The van der Waals surface area contributed by atoms with Gasteiger partial charge in [0.05, 0.1) is 16.4 Å². The molecule has 2 aromatic carbocycles. The minimum absolute atomic E-state index is 0.187. The predicted octanol–water partition coefficient (Wildman–Crippen LogP) is 5.25. The van der Waals surface area contributed by atoms with Gasteiger partial charge in [-0.25, -0.2) is 0 Å². The number of hydrogen-bond donors (Lipinski definition) is 1. The molecule has 1 fully saturated rings. The fourth-order valence-electron chi connectivity index (χ4n) is 2.80. The molecule has 1 saturated heterocycles. The Bertz CT molecular complexity index is 750. The van der Waals surface area contributed by atoms with Crippen LogP contribution in [0.2, 0.25) is 10.0 Å². The molecule has 2 aromatic rings. The molecule has 3 rings (SSSR count). The highest BCUT2D eigenvalue weighted by Gasteiger charge is 2.19. The van der Waals surface area contributed by atoms with Crippen molar-refractivity contribution in [2.45, 2.75) is 12.8 Å². The van der Waals surface area contributed by atoms with E-state index in [0.29, 0.717) is 10.0 Å². The molecule has 0 spiro atoms. The molecule has 0 bridgehead atoms. The Kier molecular flexibility index (Phi) is 5.44. The van der Waals surface area contributed by atoms with Crippen molar-refractivity contribution in [3.05, 3.63) is 64.1 Å². The molecule has 1 heterocycles. The molecular weight excluding hydrogens is 343 g/mol. The first-order chi connectivity index (χ1) is 11.6. The van der Waals surface area contributed by atoms with Crippen LogP contribution in [0, 0.1) is 0 Å². The lowest BCUT2D eigenvalue weighted by atomic mass is 10.2. The maximum atomic E-state index is 12.2. The van der Waals surface area contributed by atoms with Gasteiger partial charge in [-0.3, -0.25) is 4.79 Å². The lowest BCUT2D eigenvalue weighted by Crippen LogP contribution is -2.21. The summed E-state index contributed by atoms with van der Waals surface area (Å²) in [4.78, 5) is 14.5. The minimum atomic E-state index is -0.187. The molecule has 124 valence electrons. The van der Waals surface area contributed by atoms with Gasteiger partial charge in [0.25, 0.3) is 0 Å². The van der Waals surface area contributed by atoms with Crippen LogP contribution in [0.15, 0.2) is 48.5 Å². The minimum Gasteiger partial charge on any atom is -0.369 e. The quantitative estimate of drug-likeness (QED) is 0.755. The molecule has 0 radical (unpaired) electrons. The van der Waals surface area contributed by atoms with Crippen molar-refractivity contribution < 1.29 is 4.79 Å². The summed E-state index contributed by atoms with van der Waals surface area (Å²) in [7, 11) is 0. The molecule has 24 heavy (non-hydrogen) atoms. The van der Waals surface area contributed by atoms with E-state index >= 15 is 0 Å². The zero-order chi connectivity index (χ0) is 16.9. The summed E-state index contributed by atoms with van der Waals surface area (Å²) in [5.74, 6) is -0.187. The van der Waals surface area contributed by atoms with Crippen molar-refractivity contribution in [1.82, 2.24) is 0 Å². The van der Waals surface area contributed by atoms with Gasteiger partial charge >= 0.3 is 0 Å². The lowest BCUT2D eigenvalue weighted by molar-refractivity contribution is -0.111. The number of para-hydroxylation sites is 1. The first-order valence-corrected chi connectivity index (χ1v) is 8.67. The third kappa shape index (κ3) is 4.11. The van der Waals surface area contributed by atoms with Gasteiger partial charge < -0.3 is 10.2 Å². The third-order valence-corrected chi connectivity index (χ3v) is 4.52. The highest BCUT2D eigenvalue weighted by atomic mass is 35.5. The zero-order valence-electron chi connectivity index (χ0n) is 13.1. The number of nitrogens with one attached hydrogen (secondary N) is 1. The summed E-state index contributed by atoms with van der Waals surface area (Å²) < 4.78 is 0. The molecule has 0 aromatic heterocycles. The van der Waals surface area contributed by atoms with Crippen molar-refractivity contribution in [2.24, 2.45) is 0 Å². The number of hydrogen-bond acceptors (Lipinski definition) is 2.